The number of nitrogens with zero attached hydrogens (tertiary/aromatic N) is 3. The van der Waals surface area contributed by atoms with Gasteiger partial charge >= 0.3 is 0 Å². The quantitative estimate of drug-likeness (QED) is 0.599. The van der Waals surface area contributed by atoms with Gasteiger partial charge in [-0.2, -0.15) is 4.98 Å². The molecule has 0 amide bonds. The first kappa shape index (κ1) is 11.9. The minimum Gasteiger partial charge on any atom is -0.356 e. The van der Waals surface area contributed by atoms with Crippen molar-refractivity contribution >= 4 is 5.96 Å². The Bertz CT molecular complexity index is 383. The van der Waals surface area contributed by atoms with Crippen LogP contribution in [-0.2, 0) is 6.54 Å². The van der Waals surface area contributed by atoms with Crippen molar-refractivity contribution in [2.75, 3.05) is 13.6 Å². The van der Waals surface area contributed by atoms with Crippen LogP contribution in [0.1, 0.15) is 31.0 Å². The summed E-state index contributed by atoms with van der Waals surface area (Å²) < 4.78 is 4.89. The molecule has 0 unspecified atom stereocenters. The second-order valence-corrected chi connectivity index (χ2v) is 4.33. The summed E-state index contributed by atoms with van der Waals surface area (Å²) in [6.45, 7) is 3.30. The Morgan fingerprint density at radius 1 is 1.47 bits per heavy atom. The fourth-order valence-corrected chi connectivity index (χ4v) is 1.73. The van der Waals surface area contributed by atoms with Gasteiger partial charge in [-0.05, 0) is 18.8 Å². The Morgan fingerprint density at radius 3 is 2.82 bits per heavy atom. The molecule has 1 aromatic rings. The van der Waals surface area contributed by atoms with Crippen LogP contribution in [0.5, 0.6) is 0 Å². The van der Waals surface area contributed by atoms with E-state index >= 15 is 0 Å². The van der Waals surface area contributed by atoms with Crippen LogP contribution in [0.25, 0.3) is 0 Å². The second kappa shape index (κ2) is 5.65. The number of aliphatic imine (C=N–C) groups is 1. The lowest BCUT2D eigenvalue weighted by atomic mass is 9.85. The Kier molecular flexibility index (Phi) is 3.95. The van der Waals surface area contributed by atoms with Gasteiger partial charge in [0, 0.05) is 20.5 Å². The third-order valence-electron chi connectivity index (χ3n) is 2.99. The maximum absolute atomic E-state index is 4.89. The number of hydrogen-bond acceptors (Lipinski definition) is 4. The van der Waals surface area contributed by atoms with Crippen molar-refractivity contribution in [3.63, 3.8) is 0 Å². The smallest absolute Gasteiger partial charge is 0.223 e. The lowest BCUT2D eigenvalue weighted by Crippen LogP contribution is -2.40. The van der Waals surface area contributed by atoms with Crippen molar-refractivity contribution in [2.45, 2.75) is 32.7 Å². The Labute approximate surface area is 101 Å². The zero-order valence-corrected chi connectivity index (χ0v) is 10.4. The van der Waals surface area contributed by atoms with E-state index in [4.69, 9.17) is 4.52 Å². The first-order valence-electron chi connectivity index (χ1n) is 6.01. The highest BCUT2D eigenvalue weighted by Crippen LogP contribution is 2.24. The Morgan fingerprint density at radius 2 is 2.29 bits per heavy atom. The van der Waals surface area contributed by atoms with E-state index in [0.717, 1.165) is 18.4 Å². The van der Waals surface area contributed by atoms with E-state index in [1.54, 1.807) is 14.0 Å². The van der Waals surface area contributed by atoms with Crippen molar-refractivity contribution in [1.82, 2.24) is 20.8 Å². The zero-order chi connectivity index (χ0) is 12.1. The van der Waals surface area contributed by atoms with E-state index in [-0.39, 0.29) is 0 Å². The van der Waals surface area contributed by atoms with Crippen molar-refractivity contribution in [1.29, 1.82) is 0 Å². The number of hydrogen-bond donors (Lipinski definition) is 2. The van der Waals surface area contributed by atoms with Crippen LogP contribution in [0.15, 0.2) is 9.52 Å². The van der Waals surface area contributed by atoms with Gasteiger partial charge in [0.25, 0.3) is 0 Å². The maximum atomic E-state index is 4.89. The van der Waals surface area contributed by atoms with Crippen LogP contribution in [0.2, 0.25) is 0 Å². The predicted octanol–water partition coefficient (Wildman–Crippen LogP) is 0.843. The number of rotatable bonds is 4. The van der Waals surface area contributed by atoms with Crippen molar-refractivity contribution in [3.05, 3.63) is 11.7 Å². The third kappa shape index (κ3) is 3.44. The normalized spacial score (nSPS) is 16.7. The van der Waals surface area contributed by atoms with E-state index in [9.17, 15) is 0 Å². The molecule has 1 saturated carbocycles. The monoisotopic (exact) mass is 237 g/mol. The summed E-state index contributed by atoms with van der Waals surface area (Å²) in [5, 5.41) is 10.3. The van der Waals surface area contributed by atoms with Gasteiger partial charge in [-0.3, -0.25) is 4.99 Å². The van der Waals surface area contributed by atoms with Crippen molar-refractivity contribution < 1.29 is 4.52 Å². The predicted molar refractivity (Wildman–Crippen MR) is 64.6 cm³/mol. The molecule has 0 atom stereocenters. The minimum absolute atomic E-state index is 0.529. The van der Waals surface area contributed by atoms with Gasteiger partial charge in [0.1, 0.15) is 0 Å². The molecule has 1 heterocycles. The molecule has 6 heteroatoms. The van der Waals surface area contributed by atoms with Crippen LogP contribution in [0, 0.1) is 12.8 Å². The lowest BCUT2D eigenvalue weighted by molar-refractivity contribution is 0.314. The molecule has 0 aliphatic heterocycles. The van der Waals surface area contributed by atoms with Crippen LogP contribution >= 0.6 is 0 Å². The second-order valence-electron chi connectivity index (χ2n) is 4.33. The van der Waals surface area contributed by atoms with E-state index in [1.165, 1.54) is 19.3 Å². The van der Waals surface area contributed by atoms with Crippen LogP contribution in [0.4, 0.5) is 0 Å². The number of aryl methyl sites for hydroxylation is 1. The van der Waals surface area contributed by atoms with Crippen LogP contribution in [0.3, 0.4) is 0 Å². The summed E-state index contributed by atoms with van der Waals surface area (Å²) in [4.78, 5) is 8.26. The molecule has 0 bridgehead atoms. The topological polar surface area (TPSA) is 75.3 Å². The minimum atomic E-state index is 0.529. The summed E-state index contributed by atoms with van der Waals surface area (Å²) in [6, 6.07) is 0. The van der Waals surface area contributed by atoms with Gasteiger partial charge in [0.05, 0.1) is 6.54 Å². The average molecular weight is 237 g/mol. The molecule has 2 N–H and O–H groups in total. The molecular formula is C11H19N5O. The lowest BCUT2D eigenvalue weighted by Gasteiger charge is -2.26. The van der Waals surface area contributed by atoms with E-state index in [2.05, 4.69) is 25.8 Å². The molecule has 0 saturated heterocycles. The average Bonchev–Trinajstić information content (AvgIpc) is 2.67. The third-order valence-corrected chi connectivity index (χ3v) is 2.99. The van der Waals surface area contributed by atoms with E-state index < -0.39 is 0 Å². The molecule has 0 radical (unpaired) electrons. The van der Waals surface area contributed by atoms with Gasteiger partial charge in [-0.25, -0.2) is 0 Å². The molecule has 1 aromatic heterocycles. The molecule has 0 aromatic carbocycles. The summed E-state index contributed by atoms with van der Waals surface area (Å²) in [5.74, 6) is 2.83. The van der Waals surface area contributed by atoms with E-state index in [1.807, 2.05) is 0 Å². The Balaban J connectivity index is 1.71. The number of guanidine groups is 1. The SMILES string of the molecule is CN=C(NCc1noc(C)n1)NCC1CCC1. The highest BCUT2D eigenvalue weighted by atomic mass is 16.5. The zero-order valence-electron chi connectivity index (χ0n) is 10.4. The van der Waals surface area contributed by atoms with Gasteiger partial charge in [0.15, 0.2) is 11.8 Å². The highest BCUT2D eigenvalue weighted by molar-refractivity contribution is 5.79. The molecule has 1 fully saturated rings. The summed E-state index contributed by atoms with van der Waals surface area (Å²) in [5.41, 5.74) is 0. The fourth-order valence-electron chi connectivity index (χ4n) is 1.73. The van der Waals surface area contributed by atoms with Crippen molar-refractivity contribution in [2.24, 2.45) is 10.9 Å². The fraction of sp³-hybridized carbons (Fsp3) is 0.727. The number of aromatic nitrogens is 2. The van der Waals surface area contributed by atoms with Gasteiger partial charge < -0.3 is 15.2 Å². The Hall–Kier alpha value is -1.59. The largest absolute Gasteiger partial charge is 0.356 e. The van der Waals surface area contributed by atoms with Gasteiger partial charge in [-0.1, -0.05) is 11.6 Å². The summed E-state index contributed by atoms with van der Waals surface area (Å²) >= 11 is 0. The summed E-state index contributed by atoms with van der Waals surface area (Å²) in [6.07, 6.45) is 4.02. The molecule has 94 valence electrons. The molecule has 0 spiro atoms. The number of nitrogens with one attached hydrogen (secondary N) is 2. The summed E-state index contributed by atoms with van der Waals surface area (Å²) in [7, 11) is 1.76. The molecule has 17 heavy (non-hydrogen) atoms. The van der Waals surface area contributed by atoms with Gasteiger partial charge in [-0.15, -0.1) is 0 Å². The maximum Gasteiger partial charge on any atom is 0.223 e. The van der Waals surface area contributed by atoms with Crippen molar-refractivity contribution in [3.8, 4) is 0 Å². The molecule has 2 rings (SSSR count). The first-order chi connectivity index (χ1) is 8.28. The van der Waals surface area contributed by atoms with E-state index in [0.29, 0.717) is 18.3 Å². The van der Waals surface area contributed by atoms with Crippen LogP contribution < -0.4 is 10.6 Å². The molecule has 1 aliphatic rings. The standard InChI is InChI=1S/C11H19N5O/c1-8-15-10(16-17-8)7-14-11(12-2)13-6-9-4-3-5-9/h9H,3-7H2,1-2H3,(H2,12,13,14). The highest BCUT2D eigenvalue weighted by Gasteiger charge is 2.17. The molecule has 1 aliphatic carbocycles. The first-order valence-corrected chi connectivity index (χ1v) is 6.01. The molecular weight excluding hydrogens is 218 g/mol. The molecule has 6 nitrogen and oxygen atoms in total. The van der Waals surface area contributed by atoms with Crippen LogP contribution in [-0.4, -0.2) is 29.7 Å². The van der Waals surface area contributed by atoms with Gasteiger partial charge in [0.2, 0.25) is 5.89 Å².